The van der Waals surface area contributed by atoms with Crippen LogP contribution in [0.2, 0.25) is 0 Å². The molecule has 2 aromatic heterocycles. The normalized spacial score (nSPS) is 12.8. The van der Waals surface area contributed by atoms with E-state index in [4.69, 9.17) is 4.42 Å². The predicted molar refractivity (Wildman–Crippen MR) is 111 cm³/mol. The number of imide groups is 1. The highest BCUT2D eigenvalue weighted by atomic mass is 19.1. The molecule has 0 fully saturated rings. The number of hydrogen-bond acceptors (Lipinski definition) is 7. The molecular weight excluding hydrogens is 431 g/mol. The number of aryl methyl sites for hydroxylation is 1. The van der Waals surface area contributed by atoms with Crippen molar-refractivity contribution < 1.29 is 23.2 Å². The number of rotatable bonds is 5. The zero-order chi connectivity index (χ0) is 23.1. The van der Waals surface area contributed by atoms with Gasteiger partial charge in [0.25, 0.3) is 17.7 Å². The summed E-state index contributed by atoms with van der Waals surface area (Å²) in [7, 11) is 0. The fourth-order valence-electron chi connectivity index (χ4n) is 3.54. The lowest BCUT2D eigenvalue weighted by Crippen LogP contribution is -2.28. The lowest BCUT2D eigenvalue weighted by atomic mass is 10.1. The largest absolute Gasteiger partial charge is 0.467 e. The minimum atomic E-state index is -0.568. The van der Waals surface area contributed by atoms with Crippen molar-refractivity contribution in [2.75, 3.05) is 5.32 Å². The number of benzene rings is 2. The van der Waals surface area contributed by atoms with Crippen LogP contribution in [-0.2, 0) is 6.54 Å². The van der Waals surface area contributed by atoms with Crippen molar-refractivity contribution in [1.82, 2.24) is 25.1 Å². The van der Waals surface area contributed by atoms with Gasteiger partial charge < -0.3 is 9.73 Å². The summed E-state index contributed by atoms with van der Waals surface area (Å²) in [6, 6.07) is 11.5. The van der Waals surface area contributed by atoms with E-state index in [1.807, 2.05) is 0 Å². The molecule has 0 saturated heterocycles. The number of anilines is 1. The SMILES string of the molecule is Cc1nnnn1-c1cc(NC(=O)c2ccc3c(c2)C(=O)N(Cc2ccco2)C3=O)ccc1F. The second-order valence-electron chi connectivity index (χ2n) is 7.29. The van der Waals surface area contributed by atoms with Crippen LogP contribution in [0.25, 0.3) is 5.69 Å². The van der Waals surface area contributed by atoms with Crippen molar-refractivity contribution >= 4 is 23.4 Å². The Bertz CT molecular complexity index is 1410. The first kappa shape index (κ1) is 20.2. The van der Waals surface area contributed by atoms with Crippen LogP contribution >= 0.6 is 0 Å². The molecule has 4 aromatic rings. The van der Waals surface area contributed by atoms with E-state index in [2.05, 4.69) is 20.8 Å². The zero-order valence-electron chi connectivity index (χ0n) is 17.2. The van der Waals surface area contributed by atoms with Crippen molar-refractivity contribution in [3.8, 4) is 5.69 Å². The zero-order valence-corrected chi connectivity index (χ0v) is 17.2. The maximum atomic E-state index is 14.3. The molecule has 0 saturated carbocycles. The molecular formula is C22H15FN6O4. The monoisotopic (exact) mass is 446 g/mol. The standard InChI is InChI=1S/C22H15FN6O4/c1-12-25-26-27-29(12)19-10-14(5-7-18(19)23)24-20(30)13-4-6-16-17(9-13)22(32)28(21(16)31)11-15-3-2-8-33-15/h2-10H,11H2,1H3,(H,24,30). The summed E-state index contributed by atoms with van der Waals surface area (Å²) in [4.78, 5) is 39.3. The first-order valence-corrected chi connectivity index (χ1v) is 9.81. The molecule has 0 radical (unpaired) electrons. The van der Waals surface area contributed by atoms with Gasteiger partial charge in [-0.05, 0) is 65.9 Å². The maximum absolute atomic E-state index is 14.3. The molecule has 0 bridgehead atoms. The van der Waals surface area contributed by atoms with Gasteiger partial charge in [-0.2, -0.15) is 4.68 Å². The van der Waals surface area contributed by atoms with E-state index in [1.54, 1.807) is 19.1 Å². The van der Waals surface area contributed by atoms with Crippen molar-refractivity contribution in [1.29, 1.82) is 0 Å². The van der Waals surface area contributed by atoms with Gasteiger partial charge in [-0.1, -0.05) is 0 Å². The van der Waals surface area contributed by atoms with Crippen LogP contribution < -0.4 is 5.32 Å². The van der Waals surface area contributed by atoms with Crippen LogP contribution in [0.15, 0.2) is 59.2 Å². The number of aromatic nitrogens is 4. The number of halogens is 1. The molecule has 3 heterocycles. The van der Waals surface area contributed by atoms with Gasteiger partial charge in [0, 0.05) is 11.3 Å². The third kappa shape index (κ3) is 3.55. The molecule has 0 atom stereocenters. The molecule has 11 heteroatoms. The van der Waals surface area contributed by atoms with Crippen LogP contribution in [0.1, 0.15) is 42.7 Å². The number of fused-ring (bicyclic) bond motifs is 1. The second-order valence-corrected chi connectivity index (χ2v) is 7.29. The molecule has 0 unspecified atom stereocenters. The highest BCUT2D eigenvalue weighted by Gasteiger charge is 2.36. The van der Waals surface area contributed by atoms with E-state index < -0.39 is 23.5 Å². The van der Waals surface area contributed by atoms with Gasteiger partial charge in [0.15, 0.2) is 5.82 Å². The predicted octanol–water partition coefficient (Wildman–Crippen LogP) is 2.75. The molecule has 1 N–H and O–H groups in total. The van der Waals surface area contributed by atoms with Gasteiger partial charge >= 0.3 is 0 Å². The van der Waals surface area contributed by atoms with Crippen molar-refractivity contribution in [2.24, 2.45) is 0 Å². The van der Waals surface area contributed by atoms with Gasteiger partial charge in [0.1, 0.15) is 17.3 Å². The van der Waals surface area contributed by atoms with E-state index in [0.717, 1.165) is 4.90 Å². The number of hydrogen-bond donors (Lipinski definition) is 1. The van der Waals surface area contributed by atoms with E-state index in [-0.39, 0.29) is 28.9 Å². The summed E-state index contributed by atoms with van der Waals surface area (Å²) >= 11 is 0. The highest BCUT2D eigenvalue weighted by Crippen LogP contribution is 2.26. The van der Waals surface area contributed by atoms with E-state index in [1.165, 1.54) is 47.3 Å². The molecule has 33 heavy (non-hydrogen) atoms. The van der Waals surface area contributed by atoms with Crippen LogP contribution in [0.4, 0.5) is 10.1 Å². The fourth-order valence-corrected chi connectivity index (χ4v) is 3.54. The molecule has 2 aromatic carbocycles. The number of amides is 3. The first-order valence-electron chi connectivity index (χ1n) is 9.81. The Balaban J connectivity index is 1.38. The lowest BCUT2D eigenvalue weighted by molar-refractivity contribution is 0.0631. The van der Waals surface area contributed by atoms with Crippen molar-refractivity contribution in [3.63, 3.8) is 0 Å². The molecule has 164 valence electrons. The summed E-state index contributed by atoms with van der Waals surface area (Å²) in [5, 5.41) is 13.6. The number of nitrogens with zero attached hydrogens (tertiary/aromatic N) is 5. The summed E-state index contributed by atoms with van der Waals surface area (Å²) in [5.74, 6) is -1.24. The Labute approximate surface area is 185 Å². The quantitative estimate of drug-likeness (QED) is 0.468. The number of tetrazole rings is 1. The molecule has 1 aliphatic rings. The number of carbonyl (C=O) groups excluding carboxylic acids is 3. The molecule has 10 nitrogen and oxygen atoms in total. The summed E-state index contributed by atoms with van der Waals surface area (Å²) in [6.45, 7) is 1.61. The summed E-state index contributed by atoms with van der Waals surface area (Å²) < 4.78 is 20.7. The molecule has 5 rings (SSSR count). The van der Waals surface area contributed by atoms with Crippen LogP contribution in [0.5, 0.6) is 0 Å². The van der Waals surface area contributed by atoms with Crippen LogP contribution in [-0.4, -0.2) is 42.8 Å². The number of carbonyl (C=O) groups is 3. The Morgan fingerprint density at radius 2 is 1.91 bits per heavy atom. The molecule has 1 aliphatic heterocycles. The highest BCUT2D eigenvalue weighted by molar-refractivity contribution is 6.22. The van der Waals surface area contributed by atoms with E-state index in [0.29, 0.717) is 17.3 Å². The second kappa shape index (κ2) is 7.79. The van der Waals surface area contributed by atoms with Crippen LogP contribution in [0.3, 0.4) is 0 Å². The van der Waals surface area contributed by atoms with Gasteiger partial charge in [-0.15, -0.1) is 5.10 Å². The topological polar surface area (TPSA) is 123 Å². The fraction of sp³-hybridized carbons (Fsp3) is 0.0909. The Morgan fingerprint density at radius 1 is 1.09 bits per heavy atom. The minimum absolute atomic E-state index is 0.00417. The number of nitrogens with one attached hydrogen (secondary N) is 1. The average Bonchev–Trinajstić information content (AvgIpc) is 3.53. The van der Waals surface area contributed by atoms with Crippen molar-refractivity contribution in [3.05, 3.63) is 88.9 Å². The molecule has 3 amide bonds. The summed E-state index contributed by atoms with van der Waals surface area (Å²) in [6.07, 6.45) is 1.46. The Morgan fingerprint density at radius 3 is 2.64 bits per heavy atom. The first-order chi connectivity index (χ1) is 15.9. The molecule has 0 spiro atoms. The molecule has 0 aliphatic carbocycles. The van der Waals surface area contributed by atoms with Gasteiger partial charge in [0.05, 0.1) is 23.9 Å². The maximum Gasteiger partial charge on any atom is 0.261 e. The van der Waals surface area contributed by atoms with E-state index in [9.17, 15) is 18.8 Å². The van der Waals surface area contributed by atoms with Gasteiger partial charge in [0.2, 0.25) is 0 Å². The third-order valence-corrected chi connectivity index (χ3v) is 5.18. The Hall–Kier alpha value is -4.67. The Kier molecular flexibility index (Phi) is 4.78. The smallest absolute Gasteiger partial charge is 0.261 e. The minimum Gasteiger partial charge on any atom is -0.467 e. The van der Waals surface area contributed by atoms with Crippen LogP contribution in [0, 0.1) is 12.7 Å². The van der Waals surface area contributed by atoms with Crippen molar-refractivity contribution in [2.45, 2.75) is 13.5 Å². The summed E-state index contributed by atoms with van der Waals surface area (Å²) in [5.41, 5.74) is 0.871. The van der Waals surface area contributed by atoms with Gasteiger partial charge in [-0.25, -0.2) is 4.39 Å². The average molecular weight is 446 g/mol. The lowest BCUT2D eigenvalue weighted by Gasteiger charge is -2.11. The van der Waals surface area contributed by atoms with E-state index >= 15 is 0 Å². The van der Waals surface area contributed by atoms with Gasteiger partial charge in [-0.3, -0.25) is 19.3 Å². The number of furan rings is 1. The third-order valence-electron chi connectivity index (χ3n) is 5.18.